The van der Waals surface area contributed by atoms with Crippen molar-refractivity contribution in [2.45, 2.75) is 65.7 Å². The maximum Gasteiger partial charge on any atom is 0.115 e. The number of carbonyl (C=O) groups excluding carboxylic acids is 1. The van der Waals surface area contributed by atoms with Gasteiger partial charge in [-0.05, 0) is 82.5 Å². The summed E-state index contributed by atoms with van der Waals surface area (Å²) in [6.45, 7) is 17.5. The van der Waals surface area contributed by atoms with Gasteiger partial charge in [-0.1, -0.05) is 103 Å². The van der Waals surface area contributed by atoms with Crippen molar-refractivity contribution < 1.29 is 25.2 Å². The molecule has 5 heteroatoms. The number of aromatic hydroxyl groups is 4. The Balaban J connectivity index is 0.000000319. The van der Waals surface area contributed by atoms with E-state index in [9.17, 15) is 15.3 Å². The first-order valence-corrected chi connectivity index (χ1v) is 13.5. The van der Waals surface area contributed by atoms with Crippen LogP contribution < -0.4 is 0 Å². The van der Waals surface area contributed by atoms with Crippen molar-refractivity contribution in [3.05, 3.63) is 120 Å². The van der Waals surface area contributed by atoms with Crippen LogP contribution in [0.15, 0.2) is 103 Å². The molecule has 0 aliphatic rings. The molecule has 0 radical (unpaired) electrons. The predicted molar refractivity (Wildman–Crippen MR) is 169 cm³/mol. The number of hydrogen-bond acceptors (Lipinski definition) is 5. The SMILES string of the molecule is C=O.CC(C)(C)CC(C)(C)c1ccc(O)cc1.CC(C)(c1ccc(O)cc1)c1ccc(O)cc1.Oc1ccccc1. The van der Waals surface area contributed by atoms with Crippen LogP contribution in [-0.2, 0) is 15.6 Å². The molecule has 0 bridgehead atoms. The summed E-state index contributed by atoms with van der Waals surface area (Å²) in [7, 11) is 0. The van der Waals surface area contributed by atoms with Crippen molar-refractivity contribution in [2.75, 3.05) is 0 Å². The Morgan fingerprint density at radius 2 is 0.756 bits per heavy atom. The standard InChI is InChI=1S/C15H16O2.C14H22O.C6H6O.CH2O/c1-15(2,11-3-7-13(16)8-4-11)12-5-9-14(17)10-6-12;1-13(2,3)10-14(4,5)11-6-8-12(15)9-7-11;7-6-4-2-1-3-5-6;1-2/h3-10,16-17H,1-2H3;6-9,15H,10H2,1-5H3;1-5,7H;1H2. The molecule has 0 saturated carbocycles. The molecular weight excluding hydrogens is 512 g/mol. The summed E-state index contributed by atoms with van der Waals surface area (Å²) in [5.41, 5.74) is 3.87. The number of carbonyl (C=O) groups is 1. The number of rotatable bonds is 4. The van der Waals surface area contributed by atoms with E-state index in [-0.39, 0.29) is 22.3 Å². The summed E-state index contributed by atoms with van der Waals surface area (Å²) >= 11 is 0. The number of phenolic OH excluding ortho intramolecular Hbond substituents is 4. The van der Waals surface area contributed by atoms with Gasteiger partial charge in [0.2, 0.25) is 0 Å². The lowest BCUT2D eigenvalue weighted by Gasteiger charge is -2.33. The second kappa shape index (κ2) is 15.5. The van der Waals surface area contributed by atoms with E-state index in [1.54, 1.807) is 60.7 Å². The normalized spacial score (nSPS) is 11.0. The van der Waals surface area contributed by atoms with Crippen LogP contribution in [0.5, 0.6) is 23.0 Å². The van der Waals surface area contributed by atoms with Crippen LogP contribution >= 0.6 is 0 Å². The first kappa shape index (κ1) is 34.8. The first-order chi connectivity index (χ1) is 19.1. The van der Waals surface area contributed by atoms with Gasteiger partial charge >= 0.3 is 0 Å². The lowest BCUT2D eigenvalue weighted by Crippen LogP contribution is -2.24. The van der Waals surface area contributed by atoms with Gasteiger partial charge in [-0.2, -0.15) is 0 Å². The molecule has 0 aliphatic carbocycles. The second-order valence-corrected chi connectivity index (χ2v) is 12.2. The molecule has 0 amide bonds. The molecule has 220 valence electrons. The van der Waals surface area contributed by atoms with Crippen molar-refractivity contribution in [2.24, 2.45) is 5.41 Å². The first-order valence-electron chi connectivity index (χ1n) is 13.5. The summed E-state index contributed by atoms with van der Waals surface area (Å²) < 4.78 is 0. The average Bonchev–Trinajstić information content (AvgIpc) is 2.90. The molecule has 0 aromatic heterocycles. The molecule has 0 heterocycles. The predicted octanol–water partition coefficient (Wildman–Crippen LogP) is 8.74. The molecule has 0 spiro atoms. The van der Waals surface area contributed by atoms with Crippen molar-refractivity contribution in [1.29, 1.82) is 0 Å². The Kier molecular flexibility index (Phi) is 13.2. The van der Waals surface area contributed by atoms with E-state index in [1.165, 1.54) is 5.56 Å². The zero-order valence-electron chi connectivity index (χ0n) is 25.4. The highest BCUT2D eigenvalue weighted by atomic mass is 16.3. The molecule has 4 aromatic carbocycles. The molecule has 4 N–H and O–H groups in total. The number of benzene rings is 4. The molecule has 0 unspecified atom stereocenters. The van der Waals surface area contributed by atoms with Gasteiger partial charge in [-0.3, -0.25) is 0 Å². The van der Waals surface area contributed by atoms with E-state index in [0.29, 0.717) is 16.9 Å². The van der Waals surface area contributed by atoms with Gasteiger partial charge in [0.1, 0.15) is 29.8 Å². The van der Waals surface area contributed by atoms with Crippen molar-refractivity contribution in [3.63, 3.8) is 0 Å². The third kappa shape index (κ3) is 12.2. The van der Waals surface area contributed by atoms with Gasteiger partial charge in [0, 0.05) is 5.41 Å². The van der Waals surface area contributed by atoms with Crippen LogP contribution in [0.2, 0.25) is 0 Å². The van der Waals surface area contributed by atoms with E-state index in [4.69, 9.17) is 9.90 Å². The third-order valence-electron chi connectivity index (χ3n) is 6.56. The molecule has 5 nitrogen and oxygen atoms in total. The molecule has 0 saturated heterocycles. The minimum absolute atomic E-state index is 0.151. The van der Waals surface area contributed by atoms with Gasteiger partial charge in [0.15, 0.2) is 0 Å². The summed E-state index contributed by atoms with van der Waals surface area (Å²) in [5, 5.41) is 36.5. The van der Waals surface area contributed by atoms with Gasteiger partial charge in [0.05, 0.1) is 0 Å². The van der Waals surface area contributed by atoms with E-state index in [2.05, 4.69) is 48.5 Å². The monoisotopic (exact) mass is 558 g/mol. The van der Waals surface area contributed by atoms with Gasteiger partial charge in [-0.15, -0.1) is 0 Å². The van der Waals surface area contributed by atoms with E-state index < -0.39 is 0 Å². The molecule has 0 atom stereocenters. The maximum absolute atomic E-state index is 9.30. The fraction of sp³-hybridized carbons (Fsp3) is 0.306. The van der Waals surface area contributed by atoms with Crippen molar-refractivity contribution in [3.8, 4) is 23.0 Å². The summed E-state index contributed by atoms with van der Waals surface area (Å²) in [6, 6.07) is 30.7. The molecular formula is C36H46O5. The average molecular weight is 559 g/mol. The second-order valence-electron chi connectivity index (χ2n) is 12.2. The topological polar surface area (TPSA) is 98.0 Å². The summed E-state index contributed by atoms with van der Waals surface area (Å²) in [5.74, 6) is 1.21. The van der Waals surface area contributed by atoms with E-state index >= 15 is 0 Å². The highest BCUT2D eigenvalue weighted by Crippen LogP contribution is 2.36. The Bertz CT molecular complexity index is 1220. The third-order valence-corrected chi connectivity index (χ3v) is 6.56. The minimum atomic E-state index is -0.151. The van der Waals surface area contributed by atoms with Crippen LogP contribution in [0.3, 0.4) is 0 Å². The highest BCUT2D eigenvalue weighted by molar-refractivity contribution is 5.41. The zero-order chi connectivity index (χ0) is 31.3. The summed E-state index contributed by atoms with van der Waals surface area (Å²) in [4.78, 5) is 8.00. The molecule has 0 fully saturated rings. The largest absolute Gasteiger partial charge is 0.508 e. The summed E-state index contributed by atoms with van der Waals surface area (Å²) in [6.07, 6.45) is 1.13. The fourth-order valence-electron chi connectivity index (χ4n) is 4.69. The number of hydrogen-bond donors (Lipinski definition) is 4. The molecule has 4 aromatic rings. The lowest BCUT2D eigenvalue weighted by atomic mass is 9.72. The van der Waals surface area contributed by atoms with Crippen LogP contribution in [-0.4, -0.2) is 27.2 Å². The Hall–Kier alpha value is -4.25. The fourth-order valence-corrected chi connectivity index (χ4v) is 4.69. The van der Waals surface area contributed by atoms with Crippen LogP contribution in [0.4, 0.5) is 0 Å². The molecule has 41 heavy (non-hydrogen) atoms. The van der Waals surface area contributed by atoms with E-state index in [0.717, 1.165) is 17.5 Å². The Morgan fingerprint density at radius 1 is 0.463 bits per heavy atom. The van der Waals surface area contributed by atoms with Gasteiger partial charge in [0.25, 0.3) is 0 Å². The maximum atomic E-state index is 9.30. The number of phenols is 4. The number of para-hydroxylation sites is 1. The molecule has 0 aliphatic heterocycles. The van der Waals surface area contributed by atoms with Gasteiger partial charge in [-0.25, -0.2) is 0 Å². The van der Waals surface area contributed by atoms with E-state index in [1.807, 2.05) is 49.3 Å². The van der Waals surface area contributed by atoms with Crippen molar-refractivity contribution in [1.82, 2.24) is 0 Å². The smallest absolute Gasteiger partial charge is 0.115 e. The van der Waals surface area contributed by atoms with Crippen molar-refractivity contribution >= 4 is 6.79 Å². The Morgan fingerprint density at radius 3 is 1.02 bits per heavy atom. The van der Waals surface area contributed by atoms with Gasteiger partial charge < -0.3 is 25.2 Å². The quantitative estimate of drug-likeness (QED) is 0.201. The van der Waals surface area contributed by atoms with Crippen LogP contribution in [0.1, 0.15) is 71.6 Å². The Labute approximate surface area is 245 Å². The van der Waals surface area contributed by atoms with Crippen LogP contribution in [0, 0.1) is 5.41 Å². The van der Waals surface area contributed by atoms with Crippen LogP contribution in [0.25, 0.3) is 0 Å². The zero-order valence-corrected chi connectivity index (χ0v) is 25.4. The highest BCUT2D eigenvalue weighted by Gasteiger charge is 2.27. The molecule has 4 rings (SSSR count). The lowest BCUT2D eigenvalue weighted by molar-refractivity contribution is -0.0980. The minimum Gasteiger partial charge on any atom is -0.508 e.